The van der Waals surface area contributed by atoms with Gasteiger partial charge in [0.2, 0.25) is 0 Å². The molecule has 1 rings (SSSR count). The van der Waals surface area contributed by atoms with Crippen LogP contribution in [-0.2, 0) is 0 Å². The fourth-order valence-electron chi connectivity index (χ4n) is 1.04. The second kappa shape index (κ2) is 4.12. The summed E-state index contributed by atoms with van der Waals surface area (Å²) in [6.07, 6.45) is 0.938. The summed E-state index contributed by atoms with van der Waals surface area (Å²) in [7, 11) is 0. The smallest absolute Gasteiger partial charge is 0.148 e. The Balaban J connectivity index is 2.87. The van der Waals surface area contributed by atoms with Crippen molar-refractivity contribution in [2.24, 2.45) is 0 Å². The van der Waals surface area contributed by atoms with Crippen molar-refractivity contribution in [1.29, 1.82) is 0 Å². The van der Waals surface area contributed by atoms with E-state index in [9.17, 15) is 4.39 Å². The maximum atomic E-state index is 13.2. The van der Waals surface area contributed by atoms with Crippen LogP contribution in [0.5, 0.6) is 0 Å². The number of benzene rings is 1. The predicted molar refractivity (Wildman–Crippen MR) is 54.2 cm³/mol. The van der Waals surface area contributed by atoms with Gasteiger partial charge in [-0.3, -0.25) is 0 Å². The van der Waals surface area contributed by atoms with Gasteiger partial charge in [0.1, 0.15) is 5.82 Å². The van der Waals surface area contributed by atoms with Gasteiger partial charge in [-0.2, -0.15) is 0 Å². The number of anilines is 2. The van der Waals surface area contributed by atoms with Gasteiger partial charge in [-0.05, 0) is 25.5 Å². The zero-order chi connectivity index (χ0) is 9.84. The number of halogens is 1. The van der Waals surface area contributed by atoms with Crippen LogP contribution in [0.4, 0.5) is 15.8 Å². The quantitative estimate of drug-likeness (QED) is 0.705. The van der Waals surface area contributed by atoms with Crippen molar-refractivity contribution < 1.29 is 4.39 Å². The first-order chi connectivity index (χ1) is 6.15. The average molecular weight is 182 g/mol. The first kappa shape index (κ1) is 9.84. The van der Waals surface area contributed by atoms with Crippen molar-refractivity contribution in [3.05, 3.63) is 24.0 Å². The molecule has 0 amide bonds. The van der Waals surface area contributed by atoms with Crippen molar-refractivity contribution >= 4 is 11.4 Å². The Kier molecular flexibility index (Phi) is 3.12. The highest BCUT2D eigenvalue weighted by molar-refractivity contribution is 5.66. The molecule has 0 saturated heterocycles. The van der Waals surface area contributed by atoms with Crippen LogP contribution in [0.3, 0.4) is 0 Å². The van der Waals surface area contributed by atoms with Gasteiger partial charge in [0.25, 0.3) is 0 Å². The van der Waals surface area contributed by atoms with E-state index < -0.39 is 0 Å². The number of nitrogens with two attached hydrogens (primary N) is 1. The Morgan fingerprint density at radius 2 is 2.23 bits per heavy atom. The minimum Gasteiger partial charge on any atom is -0.397 e. The van der Waals surface area contributed by atoms with E-state index in [1.807, 2.05) is 13.8 Å². The number of para-hydroxylation sites is 1. The zero-order valence-electron chi connectivity index (χ0n) is 7.97. The Morgan fingerprint density at radius 3 is 2.77 bits per heavy atom. The lowest BCUT2D eigenvalue weighted by atomic mass is 10.2. The summed E-state index contributed by atoms with van der Waals surface area (Å²) < 4.78 is 13.2. The highest BCUT2D eigenvalue weighted by Crippen LogP contribution is 2.22. The van der Waals surface area contributed by atoms with Crippen LogP contribution in [-0.4, -0.2) is 6.04 Å². The van der Waals surface area contributed by atoms with Gasteiger partial charge in [0.05, 0.1) is 11.4 Å². The molecule has 0 aromatic heterocycles. The predicted octanol–water partition coefficient (Wildman–Crippen LogP) is 2.62. The maximum absolute atomic E-state index is 13.2. The molecule has 3 N–H and O–H groups in total. The lowest BCUT2D eigenvalue weighted by Gasteiger charge is -2.15. The van der Waals surface area contributed by atoms with Crippen LogP contribution in [0.2, 0.25) is 0 Å². The summed E-state index contributed by atoms with van der Waals surface area (Å²) >= 11 is 0. The molecule has 3 heteroatoms. The summed E-state index contributed by atoms with van der Waals surface area (Å²) in [5.74, 6) is -0.291. The second-order valence-electron chi connectivity index (χ2n) is 3.16. The van der Waals surface area contributed by atoms with Crippen LogP contribution in [0, 0.1) is 5.82 Å². The SMILES string of the molecule is CCC(C)Nc1c(N)cccc1F. The molecule has 0 saturated carbocycles. The number of nitrogens with one attached hydrogen (secondary N) is 1. The summed E-state index contributed by atoms with van der Waals surface area (Å²) in [5, 5.41) is 3.03. The van der Waals surface area contributed by atoms with E-state index in [0.29, 0.717) is 11.4 Å². The summed E-state index contributed by atoms with van der Waals surface area (Å²) in [6, 6.07) is 4.93. The molecular weight excluding hydrogens is 167 g/mol. The van der Waals surface area contributed by atoms with E-state index in [2.05, 4.69) is 5.32 Å². The fourth-order valence-corrected chi connectivity index (χ4v) is 1.04. The van der Waals surface area contributed by atoms with E-state index in [1.165, 1.54) is 6.07 Å². The van der Waals surface area contributed by atoms with Crippen LogP contribution in [0.25, 0.3) is 0 Å². The van der Waals surface area contributed by atoms with Gasteiger partial charge in [-0.15, -0.1) is 0 Å². The lowest BCUT2D eigenvalue weighted by molar-refractivity contribution is 0.625. The Hall–Kier alpha value is -1.25. The third-order valence-corrected chi connectivity index (χ3v) is 2.05. The summed E-state index contributed by atoms with van der Waals surface area (Å²) in [4.78, 5) is 0. The van der Waals surface area contributed by atoms with Crippen LogP contribution < -0.4 is 11.1 Å². The third kappa shape index (κ3) is 2.34. The van der Waals surface area contributed by atoms with Gasteiger partial charge in [-0.1, -0.05) is 13.0 Å². The lowest BCUT2D eigenvalue weighted by Crippen LogP contribution is -2.15. The molecule has 0 radical (unpaired) electrons. The maximum Gasteiger partial charge on any atom is 0.148 e. The minimum atomic E-state index is -0.291. The molecule has 0 spiro atoms. The first-order valence-corrected chi connectivity index (χ1v) is 4.45. The van der Waals surface area contributed by atoms with Crippen molar-refractivity contribution in [3.8, 4) is 0 Å². The third-order valence-electron chi connectivity index (χ3n) is 2.05. The number of hydrogen-bond acceptors (Lipinski definition) is 2. The van der Waals surface area contributed by atoms with Crippen molar-refractivity contribution in [2.45, 2.75) is 26.3 Å². The van der Waals surface area contributed by atoms with Crippen LogP contribution in [0.1, 0.15) is 20.3 Å². The molecule has 72 valence electrons. The highest BCUT2D eigenvalue weighted by atomic mass is 19.1. The monoisotopic (exact) mass is 182 g/mol. The average Bonchev–Trinajstić information content (AvgIpc) is 2.11. The molecule has 0 aliphatic carbocycles. The van der Waals surface area contributed by atoms with E-state index >= 15 is 0 Å². The van der Waals surface area contributed by atoms with Gasteiger partial charge < -0.3 is 11.1 Å². The molecule has 1 aromatic rings. The molecule has 1 aromatic carbocycles. The zero-order valence-corrected chi connectivity index (χ0v) is 7.97. The van der Waals surface area contributed by atoms with Crippen molar-refractivity contribution in [2.75, 3.05) is 11.1 Å². The van der Waals surface area contributed by atoms with Crippen LogP contribution >= 0.6 is 0 Å². The van der Waals surface area contributed by atoms with E-state index in [0.717, 1.165) is 6.42 Å². The normalized spacial score (nSPS) is 12.5. The van der Waals surface area contributed by atoms with E-state index in [1.54, 1.807) is 12.1 Å². The molecule has 0 heterocycles. The number of nitrogen functional groups attached to an aromatic ring is 1. The number of hydrogen-bond donors (Lipinski definition) is 2. The summed E-state index contributed by atoms with van der Waals surface area (Å²) in [5.41, 5.74) is 6.49. The second-order valence-corrected chi connectivity index (χ2v) is 3.16. The standard InChI is InChI=1S/C10H15FN2/c1-3-7(2)13-10-8(11)5-4-6-9(10)12/h4-7,13H,3,12H2,1-2H3. The molecule has 0 aliphatic rings. The molecule has 0 aliphatic heterocycles. The largest absolute Gasteiger partial charge is 0.397 e. The Bertz CT molecular complexity index is 266. The highest BCUT2D eigenvalue weighted by Gasteiger charge is 2.07. The topological polar surface area (TPSA) is 38.0 Å². The van der Waals surface area contributed by atoms with E-state index in [-0.39, 0.29) is 11.9 Å². The van der Waals surface area contributed by atoms with Crippen molar-refractivity contribution in [1.82, 2.24) is 0 Å². The fraction of sp³-hybridized carbons (Fsp3) is 0.400. The molecule has 1 atom stereocenters. The van der Waals surface area contributed by atoms with Crippen LogP contribution in [0.15, 0.2) is 18.2 Å². The minimum absolute atomic E-state index is 0.235. The van der Waals surface area contributed by atoms with E-state index in [4.69, 9.17) is 5.73 Å². The Morgan fingerprint density at radius 1 is 1.54 bits per heavy atom. The molecule has 0 fully saturated rings. The van der Waals surface area contributed by atoms with Gasteiger partial charge in [-0.25, -0.2) is 4.39 Å². The Labute approximate surface area is 77.9 Å². The molecule has 1 unspecified atom stereocenters. The van der Waals surface area contributed by atoms with Gasteiger partial charge >= 0.3 is 0 Å². The molecule has 0 bridgehead atoms. The van der Waals surface area contributed by atoms with Crippen molar-refractivity contribution in [3.63, 3.8) is 0 Å². The summed E-state index contributed by atoms with van der Waals surface area (Å²) in [6.45, 7) is 4.03. The molecule has 2 nitrogen and oxygen atoms in total. The number of rotatable bonds is 3. The van der Waals surface area contributed by atoms with Gasteiger partial charge in [0.15, 0.2) is 0 Å². The molecule has 13 heavy (non-hydrogen) atoms. The molecular formula is C10H15FN2. The first-order valence-electron chi connectivity index (χ1n) is 4.45. The van der Waals surface area contributed by atoms with Gasteiger partial charge in [0, 0.05) is 6.04 Å².